The van der Waals surface area contributed by atoms with Crippen LogP contribution < -0.4 is 0 Å². The average Bonchev–Trinajstić information content (AvgIpc) is 2.03. The molecule has 15 heavy (non-hydrogen) atoms. The first-order chi connectivity index (χ1) is 6.45. The van der Waals surface area contributed by atoms with Crippen molar-refractivity contribution in [2.45, 2.75) is 6.11 Å². The smallest absolute Gasteiger partial charge is 0.334 e. The molecule has 0 aliphatic rings. The van der Waals surface area contributed by atoms with E-state index in [0.717, 1.165) is 9.34 Å². The third-order valence-electron chi connectivity index (χ3n) is 1.15. The fourth-order valence-corrected chi connectivity index (χ4v) is 1.07. The third kappa shape index (κ3) is 8.80. The number of hydrogen-bond donors (Lipinski definition) is 1. The van der Waals surface area contributed by atoms with Crippen LogP contribution in [0.5, 0.6) is 0 Å². The molecule has 0 rings (SSSR count). The minimum Gasteiger partial charge on any atom is -0.334 e. The molecule has 0 aromatic heterocycles. The highest BCUT2D eigenvalue weighted by molar-refractivity contribution is 7.53. The van der Waals surface area contributed by atoms with Gasteiger partial charge < -0.3 is 5.11 Å². The third-order valence-corrected chi connectivity index (χ3v) is 3.12. The van der Waals surface area contributed by atoms with Crippen LogP contribution in [0.4, 0.5) is 17.4 Å². The number of hydrogen-bond acceptors (Lipinski definition) is 2. The van der Waals surface area contributed by atoms with E-state index < -0.39 is 20.5 Å². The van der Waals surface area contributed by atoms with Crippen molar-refractivity contribution in [1.82, 2.24) is 9.34 Å². The molecule has 0 atom stereocenters. The lowest BCUT2D eigenvalue weighted by Gasteiger charge is -2.21. The molecule has 0 radical (unpaired) electrons. The van der Waals surface area contributed by atoms with Crippen molar-refractivity contribution in [2.75, 3.05) is 34.9 Å². The van der Waals surface area contributed by atoms with Crippen molar-refractivity contribution in [2.24, 2.45) is 0 Å². The standard InChI is InChI=1S/C4H12FN2OP.C2H3F3O/c1-6(2)9(5,8)7(3)4;3-1-2(4,5)6/h1-4H3;6H,1H2. The van der Waals surface area contributed by atoms with E-state index in [1.165, 1.54) is 28.2 Å². The van der Waals surface area contributed by atoms with Crippen LogP contribution >= 0.6 is 7.75 Å². The fourth-order valence-electron chi connectivity index (χ4n) is 0.358. The summed E-state index contributed by atoms with van der Waals surface area (Å²) in [6.45, 7) is -2.01. The molecule has 0 aliphatic carbocycles. The minimum absolute atomic E-state index is 1.08. The van der Waals surface area contributed by atoms with Gasteiger partial charge >= 0.3 is 13.9 Å². The monoisotopic (exact) mass is 254 g/mol. The van der Waals surface area contributed by atoms with E-state index in [4.69, 9.17) is 5.11 Å². The predicted molar refractivity (Wildman–Crippen MR) is 49.2 cm³/mol. The lowest BCUT2D eigenvalue weighted by atomic mass is 10.7. The maximum atomic E-state index is 12.7. The summed E-state index contributed by atoms with van der Waals surface area (Å²) in [5.74, 6) is 0. The first kappa shape index (κ1) is 17.2. The van der Waals surface area contributed by atoms with Crippen molar-refractivity contribution in [3.63, 3.8) is 0 Å². The molecule has 0 saturated heterocycles. The largest absolute Gasteiger partial charge is 0.381 e. The van der Waals surface area contributed by atoms with Crippen LogP contribution in [0.25, 0.3) is 0 Å². The molecule has 0 aromatic rings. The second-order valence-corrected chi connectivity index (χ2v) is 5.51. The Bertz CT molecular complexity index is 208. The van der Waals surface area contributed by atoms with Gasteiger partial charge in [0.25, 0.3) is 0 Å². The van der Waals surface area contributed by atoms with E-state index in [1.54, 1.807) is 0 Å². The highest BCUT2D eigenvalue weighted by Gasteiger charge is 2.26. The molecule has 0 spiro atoms. The lowest BCUT2D eigenvalue weighted by Crippen LogP contribution is -2.17. The van der Waals surface area contributed by atoms with Gasteiger partial charge in [0, 0.05) is 0 Å². The summed E-state index contributed by atoms with van der Waals surface area (Å²) in [5, 5.41) is 7.12. The Morgan fingerprint density at radius 3 is 1.40 bits per heavy atom. The number of rotatable bonds is 3. The summed E-state index contributed by atoms with van der Waals surface area (Å²) in [6.07, 6.45) is -4.12. The van der Waals surface area contributed by atoms with Gasteiger partial charge in [0.1, 0.15) is 0 Å². The Hall–Kier alpha value is -0.170. The van der Waals surface area contributed by atoms with E-state index >= 15 is 0 Å². The van der Waals surface area contributed by atoms with Gasteiger partial charge in [-0.2, -0.15) is 13.0 Å². The van der Waals surface area contributed by atoms with E-state index in [2.05, 4.69) is 0 Å². The highest BCUT2D eigenvalue weighted by atomic mass is 31.2. The van der Waals surface area contributed by atoms with Crippen molar-refractivity contribution in [3.05, 3.63) is 0 Å². The second-order valence-electron chi connectivity index (χ2n) is 2.97. The van der Waals surface area contributed by atoms with Gasteiger partial charge in [-0.1, -0.05) is 0 Å². The summed E-state index contributed by atoms with van der Waals surface area (Å²) in [5.41, 5.74) is 0. The van der Waals surface area contributed by atoms with Crippen LogP contribution in [0, 0.1) is 0 Å². The topological polar surface area (TPSA) is 43.8 Å². The summed E-state index contributed by atoms with van der Waals surface area (Å²) >= 11 is 0. The maximum Gasteiger partial charge on any atom is 0.381 e. The van der Waals surface area contributed by atoms with Crippen molar-refractivity contribution < 1.29 is 27.0 Å². The van der Waals surface area contributed by atoms with Gasteiger partial charge in [0.2, 0.25) is 0 Å². The Labute approximate surface area is 86.1 Å². The first-order valence-corrected chi connectivity index (χ1v) is 5.27. The zero-order valence-corrected chi connectivity index (χ0v) is 9.81. The fraction of sp³-hybridized carbons (Fsp3) is 1.00. The quantitative estimate of drug-likeness (QED) is 0.615. The highest BCUT2D eigenvalue weighted by Crippen LogP contribution is 2.50. The summed E-state index contributed by atoms with van der Waals surface area (Å²) in [6, 6.07) is 0. The number of alkyl halides is 3. The van der Waals surface area contributed by atoms with Gasteiger partial charge in [-0.05, 0) is 28.2 Å². The molecular formula is C6H15F4N2O2P. The van der Waals surface area contributed by atoms with Crippen molar-refractivity contribution in [3.8, 4) is 0 Å². The molecule has 0 unspecified atom stereocenters. The zero-order valence-electron chi connectivity index (χ0n) is 8.92. The number of nitrogens with zero attached hydrogens (tertiary/aromatic N) is 2. The molecule has 0 heterocycles. The van der Waals surface area contributed by atoms with Crippen LogP contribution in [-0.2, 0) is 4.57 Å². The molecule has 4 nitrogen and oxygen atoms in total. The van der Waals surface area contributed by atoms with Crippen LogP contribution in [0.2, 0.25) is 0 Å². The molecule has 0 bridgehead atoms. The van der Waals surface area contributed by atoms with Crippen LogP contribution in [0.3, 0.4) is 0 Å². The van der Waals surface area contributed by atoms with Gasteiger partial charge in [0.15, 0.2) is 6.67 Å². The average molecular weight is 254 g/mol. The summed E-state index contributed by atoms with van der Waals surface area (Å²) < 4.78 is 57.5. The van der Waals surface area contributed by atoms with Crippen molar-refractivity contribution >= 4 is 7.75 Å². The SMILES string of the molecule is CN(C)P(=O)(F)N(C)C.OC(F)(F)CF. The van der Waals surface area contributed by atoms with E-state index in [1.807, 2.05) is 0 Å². The predicted octanol–water partition coefficient (Wildman–Crippen LogP) is 1.73. The molecule has 0 aliphatic heterocycles. The summed E-state index contributed by atoms with van der Waals surface area (Å²) in [4.78, 5) is 0. The second kappa shape index (κ2) is 6.42. The first-order valence-electron chi connectivity index (χ1n) is 3.76. The number of halogens is 4. The minimum atomic E-state index is -4.12. The Morgan fingerprint density at radius 2 is 1.40 bits per heavy atom. The molecule has 0 amide bonds. The Kier molecular flexibility index (Phi) is 7.38. The van der Waals surface area contributed by atoms with Crippen LogP contribution in [0.1, 0.15) is 0 Å². The molecule has 1 N–H and O–H groups in total. The van der Waals surface area contributed by atoms with E-state index in [-0.39, 0.29) is 0 Å². The van der Waals surface area contributed by atoms with E-state index in [9.17, 15) is 21.9 Å². The molecule has 94 valence electrons. The normalized spacial score (nSPS) is 12.7. The molecule has 0 saturated carbocycles. The van der Waals surface area contributed by atoms with Gasteiger partial charge in [-0.25, -0.2) is 13.7 Å². The Morgan fingerprint density at radius 1 is 1.20 bits per heavy atom. The van der Waals surface area contributed by atoms with Gasteiger partial charge in [-0.15, -0.1) is 0 Å². The summed E-state index contributed by atoms with van der Waals surface area (Å²) in [7, 11) is 2.11. The van der Waals surface area contributed by atoms with Crippen LogP contribution in [-0.4, -0.2) is 55.4 Å². The molecule has 9 heteroatoms. The molecule has 0 fully saturated rings. The lowest BCUT2D eigenvalue weighted by molar-refractivity contribution is -0.208. The van der Waals surface area contributed by atoms with E-state index in [0.29, 0.717) is 0 Å². The zero-order chi connectivity index (χ0) is 12.9. The molecule has 0 aromatic carbocycles. The maximum absolute atomic E-state index is 12.7. The van der Waals surface area contributed by atoms with Gasteiger partial charge in [0.05, 0.1) is 0 Å². The van der Waals surface area contributed by atoms with Crippen LogP contribution in [0.15, 0.2) is 0 Å². The number of aliphatic hydroxyl groups is 1. The Balaban J connectivity index is 0. The van der Waals surface area contributed by atoms with Crippen molar-refractivity contribution in [1.29, 1.82) is 0 Å². The van der Waals surface area contributed by atoms with Gasteiger partial charge in [-0.3, -0.25) is 4.57 Å². The molecular weight excluding hydrogens is 239 g/mol.